The van der Waals surface area contributed by atoms with Crippen molar-refractivity contribution >= 4 is 0 Å². The molecule has 0 amide bonds. The molecule has 2 heterocycles. The summed E-state index contributed by atoms with van der Waals surface area (Å²) in [6.45, 7) is 6.10. The van der Waals surface area contributed by atoms with Crippen LogP contribution in [0.25, 0.3) is 0 Å². The zero-order chi connectivity index (χ0) is 14.1. The van der Waals surface area contributed by atoms with Gasteiger partial charge in [-0.3, -0.25) is 0 Å². The van der Waals surface area contributed by atoms with E-state index in [-0.39, 0.29) is 0 Å². The van der Waals surface area contributed by atoms with Gasteiger partial charge in [-0.2, -0.15) is 0 Å². The van der Waals surface area contributed by atoms with Gasteiger partial charge in [-0.25, -0.2) is 0 Å². The van der Waals surface area contributed by atoms with Crippen molar-refractivity contribution in [1.82, 2.24) is 10.2 Å². The predicted octanol–water partition coefficient (Wildman–Crippen LogP) is 3.66. The Bertz CT molecular complexity index is 301. The van der Waals surface area contributed by atoms with Crippen molar-refractivity contribution < 1.29 is 0 Å². The lowest BCUT2D eigenvalue weighted by atomic mass is 9.79. The van der Waals surface area contributed by atoms with E-state index in [9.17, 15) is 0 Å². The Kier molecular flexibility index (Phi) is 4.72. The minimum Gasteiger partial charge on any atom is -0.314 e. The monoisotopic (exact) mass is 278 g/mol. The first-order valence-electron chi connectivity index (χ1n) is 9.08. The lowest BCUT2D eigenvalue weighted by Gasteiger charge is -2.38. The molecule has 3 rings (SSSR count). The first kappa shape index (κ1) is 14.8. The molecular weight excluding hydrogens is 244 g/mol. The normalized spacial score (nSPS) is 42.3. The highest BCUT2D eigenvalue weighted by Gasteiger charge is 2.38. The van der Waals surface area contributed by atoms with Gasteiger partial charge in [0.05, 0.1) is 0 Å². The number of rotatable bonds is 4. The third-order valence-electron chi connectivity index (χ3n) is 6.55. The molecule has 20 heavy (non-hydrogen) atoms. The molecule has 2 nitrogen and oxygen atoms in total. The van der Waals surface area contributed by atoms with Crippen LogP contribution in [0.15, 0.2) is 0 Å². The highest BCUT2D eigenvalue weighted by molar-refractivity contribution is 4.94. The van der Waals surface area contributed by atoms with E-state index >= 15 is 0 Å². The van der Waals surface area contributed by atoms with E-state index in [2.05, 4.69) is 31.1 Å². The van der Waals surface area contributed by atoms with Crippen LogP contribution in [-0.2, 0) is 0 Å². The second kappa shape index (κ2) is 6.36. The highest BCUT2D eigenvalue weighted by atomic mass is 15.2. The molecule has 4 atom stereocenters. The summed E-state index contributed by atoms with van der Waals surface area (Å²) in [5.74, 6) is 2.79. The van der Waals surface area contributed by atoms with Gasteiger partial charge >= 0.3 is 0 Å². The molecule has 0 aromatic heterocycles. The van der Waals surface area contributed by atoms with Crippen molar-refractivity contribution in [2.75, 3.05) is 13.6 Å². The summed E-state index contributed by atoms with van der Waals surface area (Å²) >= 11 is 0. The van der Waals surface area contributed by atoms with Gasteiger partial charge in [0.1, 0.15) is 0 Å². The molecule has 3 fully saturated rings. The minimum atomic E-state index is 0.813. The molecule has 3 aliphatic rings. The molecule has 116 valence electrons. The summed E-state index contributed by atoms with van der Waals surface area (Å²) in [7, 11) is 2.35. The van der Waals surface area contributed by atoms with Gasteiger partial charge in [0, 0.05) is 18.1 Å². The van der Waals surface area contributed by atoms with Crippen molar-refractivity contribution in [2.24, 2.45) is 17.8 Å². The standard InChI is InChI=1S/C18H34N2/c1-13(2)15-5-4-6-16(11-15)19-12-14-9-17-7-8-18(10-14)20(17)3/h13-19H,4-12H2,1-3H3. The Morgan fingerprint density at radius 2 is 1.70 bits per heavy atom. The van der Waals surface area contributed by atoms with Gasteiger partial charge in [-0.1, -0.05) is 26.7 Å². The van der Waals surface area contributed by atoms with E-state index in [1.165, 1.54) is 57.9 Å². The number of nitrogens with one attached hydrogen (secondary N) is 1. The quantitative estimate of drug-likeness (QED) is 0.844. The van der Waals surface area contributed by atoms with Crippen LogP contribution in [0.4, 0.5) is 0 Å². The molecule has 4 unspecified atom stereocenters. The van der Waals surface area contributed by atoms with Crippen LogP contribution < -0.4 is 5.32 Å². The molecule has 2 aliphatic heterocycles. The third kappa shape index (κ3) is 3.22. The van der Waals surface area contributed by atoms with Crippen molar-refractivity contribution in [3.05, 3.63) is 0 Å². The number of hydrogen-bond donors (Lipinski definition) is 1. The van der Waals surface area contributed by atoms with E-state index in [0.29, 0.717) is 0 Å². The predicted molar refractivity (Wildman–Crippen MR) is 85.9 cm³/mol. The molecule has 2 heteroatoms. The van der Waals surface area contributed by atoms with E-state index in [4.69, 9.17) is 0 Å². The SMILES string of the molecule is CC(C)C1CCCC(NCC2CC3CCC(C2)N3C)C1. The fourth-order valence-electron chi connectivity index (χ4n) is 5.04. The number of nitrogens with zero attached hydrogens (tertiary/aromatic N) is 1. The topological polar surface area (TPSA) is 15.3 Å². The summed E-state index contributed by atoms with van der Waals surface area (Å²) in [4.78, 5) is 2.66. The summed E-state index contributed by atoms with van der Waals surface area (Å²) in [6, 6.07) is 2.61. The molecule has 0 spiro atoms. The van der Waals surface area contributed by atoms with Crippen molar-refractivity contribution in [2.45, 2.75) is 83.3 Å². The van der Waals surface area contributed by atoms with Crippen LogP contribution in [0, 0.1) is 17.8 Å². The molecule has 1 aliphatic carbocycles. The minimum absolute atomic E-state index is 0.813. The number of piperidine rings is 1. The van der Waals surface area contributed by atoms with Gasteiger partial charge in [-0.05, 0) is 69.9 Å². The van der Waals surface area contributed by atoms with E-state index < -0.39 is 0 Å². The number of hydrogen-bond acceptors (Lipinski definition) is 2. The first-order valence-corrected chi connectivity index (χ1v) is 9.08. The van der Waals surface area contributed by atoms with Gasteiger partial charge in [0.2, 0.25) is 0 Å². The average Bonchev–Trinajstić information content (AvgIpc) is 2.67. The lowest BCUT2D eigenvalue weighted by molar-refractivity contribution is 0.127. The molecular formula is C18H34N2. The Morgan fingerprint density at radius 1 is 1.00 bits per heavy atom. The van der Waals surface area contributed by atoms with Crippen LogP contribution in [0.3, 0.4) is 0 Å². The fraction of sp³-hybridized carbons (Fsp3) is 1.00. The lowest BCUT2D eigenvalue weighted by Crippen LogP contribution is -2.44. The summed E-state index contributed by atoms with van der Waals surface area (Å²) in [5.41, 5.74) is 0. The van der Waals surface area contributed by atoms with Crippen molar-refractivity contribution in [3.63, 3.8) is 0 Å². The average molecular weight is 278 g/mol. The van der Waals surface area contributed by atoms with E-state index in [0.717, 1.165) is 35.9 Å². The Hall–Kier alpha value is -0.0800. The van der Waals surface area contributed by atoms with Crippen molar-refractivity contribution in [1.29, 1.82) is 0 Å². The van der Waals surface area contributed by atoms with Crippen LogP contribution in [-0.4, -0.2) is 36.6 Å². The smallest absolute Gasteiger partial charge is 0.00988 e. The first-order chi connectivity index (χ1) is 9.63. The largest absolute Gasteiger partial charge is 0.314 e. The van der Waals surface area contributed by atoms with Gasteiger partial charge in [0.25, 0.3) is 0 Å². The molecule has 2 saturated heterocycles. The Morgan fingerprint density at radius 3 is 2.35 bits per heavy atom. The van der Waals surface area contributed by atoms with Crippen LogP contribution in [0.2, 0.25) is 0 Å². The summed E-state index contributed by atoms with van der Waals surface area (Å²) in [6.07, 6.45) is 11.6. The fourth-order valence-corrected chi connectivity index (χ4v) is 5.04. The molecule has 2 bridgehead atoms. The zero-order valence-electron chi connectivity index (χ0n) is 13.8. The van der Waals surface area contributed by atoms with Gasteiger partial charge in [0.15, 0.2) is 0 Å². The summed E-state index contributed by atoms with van der Waals surface area (Å²) < 4.78 is 0. The van der Waals surface area contributed by atoms with Gasteiger partial charge < -0.3 is 10.2 Å². The highest BCUT2D eigenvalue weighted by Crippen LogP contribution is 2.37. The van der Waals surface area contributed by atoms with Crippen LogP contribution >= 0.6 is 0 Å². The van der Waals surface area contributed by atoms with Crippen LogP contribution in [0.1, 0.15) is 65.2 Å². The molecule has 0 radical (unpaired) electrons. The molecule has 1 saturated carbocycles. The Balaban J connectivity index is 1.43. The maximum atomic E-state index is 3.94. The van der Waals surface area contributed by atoms with E-state index in [1.807, 2.05) is 0 Å². The molecule has 0 aromatic rings. The second-order valence-electron chi connectivity index (χ2n) is 8.16. The molecule has 0 aromatic carbocycles. The maximum Gasteiger partial charge on any atom is 0.00988 e. The van der Waals surface area contributed by atoms with Crippen LogP contribution in [0.5, 0.6) is 0 Å². The van der Waals surface area contributed by atoms with Gasteiger partial charge in [-0.15, -0.1) is 0 Å². The second-order valence-corrected chi connectivity index (χ2v) is 8.16. The third-order valence-corrected chi connectivity index (χ3v) is 6.55. The number of fused-ring (bicyclic) bond motifs is 2. The maximum absolute atomic E-state index is 3.94. The zero-order valence-corrected chi connectivity index (χ0v) is 13.8. The van der Waals surface area contributed by atoms with E-state index in [1.54, 1.807) is 0 Å². The van der Waals surface area contributed by atoms with Crippen molar-refractivity contribution in [3.8, 4) is 0 Å². The molecule has 1 N–H and O–H groups in total. The Labute approximate surface area is 125 Å². The summed E-state index contributed by atoms with van der Waals surface area (Å²) in [5, 5.41) is 3.94.